The number of hydrogen-bond acceptors (Lipinski definition) is 2. The van der Waals surface area contributed by atoms with E-state index in [4.69, 9.17) is 5.11 Å². The first-order valence-corrected chi connectivity index (χ1v) is 2.33. The maximum Gasteiger partial charge on any atom is 0.107 e. The first kappa shape index (κ1) is 4.81. The molecule has 0 unspecified atom stereocenters. The van der Waals surface area contributed by atoms with Gasteiger partial charge in [-0.3, -0.25) is 0 Å². The zero-order chi connectivity index (χ0) is 5.33. The van der Waals surface area contributed by atoms with Gasteiger partial charge < -0.3 is 10.4 Å². The second-order valence-corrected chi connectivity index (χ2v) is 1.91. The summed E-state index contributed by atoms with van der Waals surface area (Å²) in [7, 11) is 0. The Morgan fingerprint density at radius 1 is 1.71 bits per heavy atom. The van der Waals surface area contributed by atoms with Gasteiger partial charge in [0.25, 0.3) is 0 Å². The van der Waals surface area contributed by atoms with E-state index < -0.39 is 5.60 Å². The summed E-state index contributed by atoms with van der Waals surface area (Å²) in [5.74, 6) is 0. The predicted octanol–water partition coefficient (Wildman–Crippen LogP) is -0.493. The highest BCUT2D eigenvalue weighted by atomic mass is 16.3. The fourth-order valence-electron chi connectivity index (χ4n) is 0.525. The summed E-state index contributed by atoms with van der Waals surface area (Å²) in [6.45, 7) is 4.79. The number of nitrogens with one attached hydrogen (secondary N) is 1. The molecule has 1 saturated heterocycles. The first-order valence-electron chi connectivity index (χ1n) is 2.33. The Balaban J connectivity index is 2.43. The molecule has 2 heteroatoms. The average Bonchev–Trinajstić information content (AvgIpc) is 1.61. The van der Waals surface area contributed by atoms with Crippen LogP contribution in [0.1, 0.15) is 0 Å². The third-order valence-corrected chi connectivity index (χ3v) is 1.24. The molecule has 0 bridgehead atoms. The van der Waals surface area contributed by atoms with Crippen LogP contribution in [0.25, 0.3) is 0 Å². The third kappa shape index (κ3) is 0.667. The first-order chi connectivity index (χ1) is 3.27. The van der Waals surface area contributed by atoms with E-state index in [9.17, 15) is 0 Å². The molecule has 0 aromatic heterocycles. The van der Waals surface area contributed by atoms with Gasteiger partial charge in [0.05, 0.1) is 0 Å². The number of hydrogen-bond donors (Lipinski definition) is 2. The minimum absolute atomic E-state index is 0.583. The minimum atomic E-state index is -0.583. The van der Waals surface area contributed by atoms with Crippen LogP contribution < -0.4 is 5.32 Å². The zero-order valence-electron chi connectivity index (χ0n) is 4.15. The molecule has 1 fully saturated rings. The molecule has 0 atom stereocenters. The van der Waals surface area contributed by atoms with Crippen LogP contribution >= 0.6 is 0 Å². The second kappa shape index (κ2) is 1.32. The Labute approximate surface area is 42.8 Å². The van der Waals surface area contributed by atoms with E-state index in [0.29, 0.717) is 13.1 Å². The molecule has 40 valence electrons. The molecular weight excluding hydrogens is 90.1 g/mol. The lowest BCUT2D eigenvalue weighted by molar-refractivity contribution is 0.0379. The van der Waals surface area contributed by atoms with E-state index in [1.165, 1.54) is 0 Å². The van der Waals surface area contributed by atoms with E-state index >= 15 is 0 Å². The van der Waals surface area contributed by atoms with Crippen molar-refractivity contribution < 1.29 is 5.11 Å². The smallest absolute Gasteiger partial charge is 0.107 e. The monoisotopic (exact) mass is 99.1 g/mol. The van der Waals surface area contributed by atoms with Crippen LogP contribution in [-0.2, 0) is 0 Å². The number of rotatable bonds is 1. The molecule has 7 heavy (non-hydrogen) atoms. The van der Waals surface area contributed by atoms with Gasteiger partial charge in [-0.1, -0.05) is 6.08 Å². The lowest BCUT2D eigenvalue weighted by Gasteiger charge is -2.34. The molecule has 0 saturated carbocycles. The van der Waals surface area contributed by atoms with E-state index in [-0.39, 0.29) is 0 Å². The third-order valence-electron chi connectivity index (χ3n) is 1.24. The quantitative estimate of drug-likeness (QED) is 0.435. The van der Waals surface area contributed by atoms with Crippen LogP contribution in [0.3, 0.4) is 0 Å². The highest BCUT2D eigenvalue weighted by Crippen LogP contribution is 2.09. The van der Waals surface area contributed by atoms with Gasteiger partial charge in [0.15, 0.2) is 0 Å². The number of β-amino-alcohol motifs (C(OH)–C–C–N with tert-alkyl or cyclic N) is 1. The highest BCUT2D eigenvalue weighted by Gasteiger charge is 2.29. The van der Waals surface area contributed by atoms with Gasteiger partial charge in [0.1, 0.15) is 5.60 Å². The Kier molecular flexibility index (Phi) is 0.905. The largest absolute Gasteiger partial charge is 0.383 e. The van der Waals surface area contributed by atoms with Crippen LogP contribution in [-0.4, -0.2) is 23.8 Å². The second-order valence-electron chi connectivity index (χ2n) is 1.91. The van der Waals surface area contributed by atoms with E-state index in [2.05, 4.69) is 11.9 Å². The Hall–Kier alpha value is -0.340. The molecule has 0 aliphatic carbocycles. The van der Waals surface area contributed by atoms with Crippen molar-refractivity contribution in [2.45, 2.75) is 5.60 Å². The summed E-state index contributed by atoms with van der Waals surface area (Å²) >= 11 is 0. The molecule has 2 nitrogen and oxygen atoms in total. The molecule has 0 radical (unpaired) electrons. The van der Waals surface area contributed by atoms with Crippen LogP contribution in [0.5, 0.6) is 0 Å². The lowest BCUT2D eigenvalue weighted by atomic mass is 9.98. The van der Waals surface area contributed by atoms with Crippen molar-refractivity contribution in [3.05, 3.63) is 12.7 Å². The topological polar surface area (TPSA) is 32.3 Å². The molecule has 0 spiro atoms. The molecule has 0 amide bonds. The zero-order valence-corrected chi connectivity index (χ0v) is 4.15. The maximum atomic E-state index is 9.04. The summed E-state index contributed by atoms with van der Waals surface area (Å²) in [6.07, 6.45) is 1.57. The Morgan fingerprint density at radius 3 is 2.29 bits per heavy atom. The minimum Gasteiger partial charge on any atom is -0.383 e. The summed E-state index contributed by atoms with van der Waals surface area (Å²) in [5, 5.41) is 12.0. The van der Waals surface area contributed by atoms with Crippen LogP contribution in [0.2, 0.25) is 0 Å². The van der Waals surface area contributed by atoms with Gasteiger partial charge in [-0.2, -0.15) is 0 Å². The molecule has 2 N–H and O–H groups in total. The lowest BCUT2D eigenvalue weighted by Crippen LogP contribution is -2.57. The van der Waals surface area contributed by atoms with Gasteiger partial charge >= 0.3 is 0 Å². The van der Waals surface area contributed by atoms with Gasteiger partial charge in [0.2, 0.25) is 0 Å². The van der Waals surface area contributed by atoms with E-state index in [0.717, 1.165) is 0 Å². The molecule has 1 heterocycles. The fraction of sp³-hybridized carbons (Fsp3) is 0.600. The molecule has 1 aliphatic rings. The van der Waals surface area contributed by atoms with Gasteiger partial charge in [-0.25, -0.2) is 0 Å². The van der Waals surface area contributed by atoms with Crippen molar-refractivity contribution in [3.63, 3.8) is 0 Å². The summed E-state index contributed by atoms with van der Waals surface area (Å²) in [5.41, 5.74) is -0.583. The summed E-state index contributed by atoms with van der Waals surface area (Å²) in [6, 6.07) is 0. The van der Waals surface area contributed by atoms with E-state index in [1.54, 1.807) is 6.08 Å². The van der Waals surface area contributed by atoms with E-state index in [1.807, 2.05) is 0 Å². The van der Waals surface area contributed by atoms with Gasteiger partial charge in [0, 0.05) is 13.1 Å². The molecule has 0 aromatic rings. The molecule has 0 aromatic carbocycles. The summed E-state index contributed by atoms with van der Waals surface area (Å²) < 4.78 is 0. The Morgan fingerprint density at radius 2 is 2.29 bits per heavy atom. The summed E-state index contributed by atoms with van der Waals surface area (Å²) in [4.78, 5) is 0. The standard InChI is InChI=1S/C5H9NO/c1-2-5(7)3-6-4-5/h2,6-7H,1,3-4H2. The average molecular weight is 99.1 g/mol. The van der Waals surface area contributed by atoms with Crippen molar-refractivity contribution in [3.8, 4) is 0 Å². The molecular formula is C5H9NO. The van der Waals surface area contributed by atoms with Gasteiger partial charge in [-0.05, 0) is 0 Å². The van der Waals surface area contributed by atoms with Crippen molar-refractivity contribution >= 4 is 0 Å². The number of aliphatic hydroxyl groups is 1. The van der Waals surface area contributed by atoms with Crippen molar-refractivity contribution in [1.29, 1.82) is 0 Å². The van der Waals surface area contributed by atoms with Crippen molar-refractivity contribution in [1.82, 2.24) is 5.32 Å². The fourth-order valence-corrected chi connectivity index (χ4v) is 0.525. The van der Waals surface area contributed by atoms with Crippen molar-refractivity contribution in [2.75, 3.05) is 13.1 Å². The molecule has 1 rings (SSSR count). The van der Waals surface area contributed by atoms with Crippen LogP contribution in [0.4, 0.5) is 0 Å². The predicted molar refractivity (Wildman–Crippen MR) is 28.0 cm³/mol. The SMILES string of the molecule is C=CC1(O)CNC1. The van der Waals surface area contributed by atoms with Crippen molar-refractivity contribution in [2.24, 2.45) is 0 Å². The maximum absolute atomic E-state index is 9.04. The highest BCUT2D eigenvalue weighted by molar-refractivity contribution is 5.05. The van der Waals surface area contributed by atoms with Gasteiger partial charge in [-0.15, -0.1) is 6.58 Å². The van der Waals surface area contributed by atoms with Crippen LogP contribution in [0.15, 0.2) is 12.7 Å². The normalized spacial score (nSPS) is 25.9. The molecule has 1 aliphatic heterocycles. The van der Waals surface area contributed by atoms with Crippen LogP contribution in [0, 0.1) is 0 Å². The Bertz CT molecular complexity index is 86.1.